The fourth-order valence-electron chi connectivity index (χ4n) is 3.31. The van der Waals surface area contributed by atoms with E-state index in [1.54, 1.807) is 0 Å². The van der Waals surface area contributed by atoms with E-state index in [1.165, 1.54) is 0 Å². The van der Waals surface area contributed by atoms with Crippen LogP contribution >= 0.6 is 15.9 Å². The van der Waals surface area contributed by atoms with Crippen LogP contribution < -0.4 is 0 Å². The second kappa shape index (κ2) is 5.44. The van der Waals surface area contributed by atoms with Crippen molar-refractivity contribution in [1.82, 2.24) is 4.90 Å². The van der Waals surface area contributed by atoms with Gasteiger partial charge >= 0.3 is 5.97 Å². The number of carboxylic acid groups (broad SMARTS) is 1. The summed E-state index contributed by atoms with van der Waals surface area (Å²) >= 11 is 3.41. The average Bonchev–Trinajstić information content (AvgIpc) is 3.13. The van der Waals surface area contributed by atoms with Gasteiger partial charge in [0, 0.05) is 17.1 Å². The summed E-state index contributed by atoms with van der Waals surface area (Å²) in [6.45, 7) is 0.690. The van der Waals surface area contributed by atoms with E-state index in [4.69, 9.17) is 5.11 Å². The molecule has 1 atom stereocenters. The van der Waals surface area contributed by atoms with Gasteiger partial charge in [0.1, 0.15) is 0 Å². The zero-order valence-electron chi connectivity index (χ0n) is 11.7. The van der Waals surface area contributed by atoms with Gasteiger partial charge in [0.05, 0.1) is 11.8 Å². The Morgan fingerprint density at radius 3 is 2.52 bits per heavy atom. The molecule has 1 heterocycles. The smallest absolute Gasteiger partial charge is 0.305 e. The van der Waals surface area contributed by atoms with Gasteiger partial charge in [-0.2, -0.15) is 0 Å². The zero-order chi connectivity index (χ0) is 15.0. The molecule has 3 rings (SSSR count). The van der Waals surface area contributed by atoms with Crippen LogP contribution in [-0.4, -0.2) is 34.5 Å². The van der Waals surface area contributed by atoms with E-state index in [-0.39, 0.29) is 18.4 Å². The third-order valence-corrected chi connectivity index (χ3v) is 5.13. The number of carboxylic acids is 1. The van der Waals surface area contributed by atoms with E-state index in [2.05, 4.69) is 15.9 Å². The van der Waals surface area contributed by atoms with E-state index in [9.17, 15) is 9.59 Å². The van der Waals surface area contributed by atoms with Crippen molar-refractivity contribution in [2.75, 3.05) is 6.54 Å². The van der Waals surface area contributed by atoms with Crippen molar-refractivity contribution in [3.05, 3.63) is 34.3 Å². The zero-order valence-corrected chi connectivity index (χ0v) is 13.3. The van der Waals surface area contributed by atoms with Crippen molar-refractivity contribution in [2.45, 2.75) is 43.6 Å². The van der Waals surface area contributed by atoms with Crippen molar-refractivity contribution >= 4 is 27.8 Å². The van der Waals surface area contributed by atoms with Crippen molar-refractivity contribution in [3.8, 4) is 0 Å². The maximum absolute atomic E-state index is 12.9. The molecular formula is C16H18BrNO3. The van der Waals surface area contributed by atoms with Crippen molar-refractivity contribution < 1.29 is 14.7 Å². The Kier molecular flexibility index (Phi) is 3.78. The molecule has 0 bridgehead atoms. The number of rotatable bonds is 4. The maximum Gasteiger partial charge on any atom is 0.305 e. The predicted octanol–water partition coefficient (Wildman–Crippen LogP) is 2.95. The molecule has 112 valence electrons. The van der Waals surface area contributed by atoms with Crippen molar-refractivity contribution in [2.24, 2.45) is 0 Å². The second-order valence-electron chi connectivity index (χ2n) is 5.98. The fraction of sp³-hybridized carbons (Fsp3) is 0.500. The molecule has 0 aromatic heterocycles. The van der Waals surface area contributed by atoms with Crippen LogP contribution in [0.15, 0.2) is 28.7 Å². The summed E-state index contributed by atoms with van der Waals surface area (Å²) in [6, 6.07) is 7.78. The SMILES string of the molecule is O=C(O)CC1CCCN1C(=O)C1(c2ccc(Br)cc2)CC1. The van der Waals surface area contributed by atoms with Crippen LogP contribution in [0.1, 0.15) is 37.7 Å². The van der Waals surface area contributed by atoms with Gasteiger partial charge in [0.2, 0.25) is 5.91 Å². The topological polar surface area (TPSA) is 57.6 Å². The molecule has 4 nitrogen and oxygen atoms in total. The van der Waals surface area contributed by atoms with E-state index in [1.807, 2.05) is 29.2 Å². The molecule has 1 aromatic rings. The first-order chi connectivity index (χ1) is 10.0. The first-order valence-corrected chi connectivity index (χ1v) is 8.11. The quantitative estimate of drug-likeness (QED) is 0.907. The van der Waals surface area contributed by atoms with Crippen molar-refractivity contribution in [1.29, 1.82) is 0 Å². The van der Waals surface area contributed by atoms with E-state index < -0.39 is 11.4 Å². The summed E-state index contributed by atoms with van der Waals surface area (Å²) in [5.74, 6) is -0.707. The van der Waals surface area contributed by atoms with Gasteiger partial charge in [-0.1, -0.05) is 28.1 Å². The molecule has 21 heavy (non-hydrogen) atoms. The minimum atomic E-state index is -0.826. The number of hydrogen-bond donors (Lipinski definition) is 1. The maximum atomic E-state index is 12.9. The molecule has 1 aliphatic heterocycles. The van der Waals surface area contributed by atoms with Gasteiger partial charge in [-0.15, -0.1) is 0 Å². The molecule has 1 saturated heterocycles. The van der Waals surface area contributed by atoms with Gasteiger partial charge in [-0.05, 0) is 43.4 Å². The number of nitrogens with zero attached hydrogens (tertiary/aromatic N) is 1. The number of carbonyl (C=O) groups excluding carboxylic acids is 1. The summed E-state index contributed by atoms with van der Waals surface area (Å²) in [6.07, 6.45) is 3.49. The van der Waals surface area contributed by atoms with Crippen LogP contribution in [0, 0.1) is 0 Å². The standard InChI is InChI=1S/C16H18BrNO3/c17-12-5-3-11(4-6-12)16(7-8-16)15(21)18-9-1-2-13(18)10-14(19)20/h3-6,13H,1-2,7-10H2,(H,19,20). The van der Waals surface area contributed by atoms with Crippen LogP contribution in [0.3, 0.4) is 0 Å². The molecule has 2 fully saturated rings. The molecule has 1 saturated carbocycles. The highest BCUT2D eigenvalue weighted by Gasteiger charge is 2.54. The average molecular weight is 352 g/mol. The molecule has 1 N–H and O–H groups in total. The van der Waals surface area contributed by atoms with Crippen LogP contribution in [0.5, 0.6) is 0 Å². The Balaban J connectivity index is 1.81. The largest absolute Gasteiger partial charge is 0.481 e. The number of amides is 1. The third-order valence-electron chi connectivity index (χ3n) is 4.60. The van der Waals surface area contributed by atoms with Crippen molar-refractivity contribution in [3.63, 3.8) is 0 Å². The first-order valence-electron chi connectivity index (χ1n) is 7.32. The number of benzene rings is 1. The van der Waals surface area contributed by atoms with Gasteiger partial charge in [0.15, 0.2) is 0 Å². The number of carbonyl (C=O) groups is 2. The minimum Gasteiger partial charge on any atom is -0.481 e. The van der Waals surface area contributed by atoms with Gasteiger partial charge < -0.3 is 10.0 Å². The second-order valence-corrected chi connectivity index (χ2v) is 6.90. The lowest BCUT2D eigenvalue weighted by Gasteiger charge is -2.28. The van der Waals surface area contributed by atoms with E-state index in [0.29, 0.717) is 6.54 Å². The van der Waals surface area contributed by atoms with Crippen LogP contribution in [-0.2, 0) is 15.0 Å². The molecule has 1 aromatic carbocycles. The summed E-state index contributed by atoms with van der Waals surface area (Å²) in [7, 11) is 0. The van der Waals surface area contributed by atoms with E-state index >= 15 is 0 Å². The normalized spacial score (nSPS) is 23.1. The predicted molar refractivity (Wildman–Crippen MR) is 82.0 cm³/mol. The highest BCUT2D eigenvalue weighted by atomic mass is 79.9. The van der Waals surface area contributed by atoms with Gasteiger partial charge in [-0.25, -0.2) is 0 Å². The molecule has 2 aliphatic rings. The Labute approximate surface area is 132 Å². The van der Waals surface area contributed by atoms with E-state index in [0.717, 1.165) is 35.7 Å². The highest BCUT2D eigenvalue weighted by molar-refractivity contribution is 9.10. The third kappa shape index (κ3) is 2.71. The first kappa shape index (κ1) is 14.6. The molecule has 0 spiro atoms. The molecular weight excluding hydrogens is 334 g/mol. The lowest BCUT2D eigenvalue weighted by molar-refractivity contribution is -0.140. The number of hydrogen-bond acceptors (Lipinski definition) is 2. The Morgan fingerprint density at radius 2 is 1.95 bits per heavy atom. The number of aliphatic carboxylic acids is 1. The number of likely N-dealkylation sites (tertiary alicyclic amines) is 1. The molecule has 0 radical (unpaired) electrons. The monoisotopic (exact) mass is 351 g/mol. The summed E-state index contributed by atoms with van der Waals surface area (Å²) in [5, 5.41) is 9.00. The molecule has 1 aliphatic carbocycles. The summed E-state index contributed by atoms with van der Waals surface area (Å²) in [4.78, 5) is 25.7. The summed E-state index contributed by atoms with van der Waals surface area (Å²) in [5.41, 5.74) is 0.651. The lowest BCUT2D eigenvalue weighted by Crippen LogP contribution is -2.43. The van der Waals surface area contributed by atoms with Gasteiger partial charge in [-0.3, -0.25) is 9.59 Å². The Bertz CT molecular complexity index is 565. The number of halogens is 1. The molecule has 1 unspecified atom stereocenters. The highest BCUT2D eigenvalue weighted by Crippen LogP contribution is 2.50. The van der Waals surface area contributed by atoms with Gasteiger partial charge in [0.25, 0.3) is 0 Å². The van der Waals surface area contributed by atoms with Crippen LogP contribution in [0.25, 0.3) is 0 Å². The Morgan fingerprint density at radius 1 is 1.29 bits per heavy atom. The van der Waals surface area contributed by atoms with Crippen LogP contribution in [0.2, 0.25) is 0 Å². The fourth-order valence-corrected chi connectivity index (χ4v) is 3.58. The minimum absolute atomic E-state index is 0.0577. The Hall–Kier alpha value is -1.36. The van der Waals surface area contributed by atoms with Crippen LogP contribution in [0.4, 0.5) is 0 Å². The summed E-state index contributed by atoms with van der Waals surface area (Å²) < 4.78 is 0.999. The molecule has 5 heteroatoms. The molecule has 1 amide bonds. The lowest BCUT2D eigenvalue weighted by atomic mass is 9.94.